The molecule has 1 fully saturated rings. The number of likely N-dealkylation sites (tertiary alicyclic amines) is 1. The quantitative estimate of drug-likeness (QED) is 0.893. The fourth-order valence-electron chi connectivity index (χ4n) is 3.51. The van der Waals surface area contributed by atoms with Crippen LogP contribution in [0.25, 0.3) is 0 Å². The number of nitrogens with one attached hydrogen (secondary N) is 1. The highest BCUT2D eigenvalue weighted by molar-refractivity contribution is 5.68. The number of aromatic nitrogens is 3. The van der Waals surface area contributed by atoms with Crippen molar-refractivity contribution < 1.29 is 9.53 Å². The van der Waals surface area contributed by atoms with Gasteiger partial charge in [0.25, 0.3) is 0 Å². The topological polar surface area (TPSA) is 72.3 Å². The lowest BCUT2D eigenvalue weighted by Crippen LogP contribution is -2.53. The van der Waals surface area contributed by atoms with Gasteiger partial charge in [0, 0.05) is 31.6 Å². The van der Waals surface area contributed by atoms with Gasteiger partial charge in [-0.05, 0) is 47.0 Å². The van der Waals surface area contributed by atoms with Crippen LogP contribution in [0.2, 0.25) is 0 Å². The van der Waals surface area contributed by atoms with Crippen LogP contribution in [0.1, 0.15) is 51.7 Å². The molecule has 3 rings (SSSR count). The number of hydrogen-bond donors (Lipinski definition) is 1. The largest absolute Gasteiger partial charge is 0.444 e. The molecule has 1 aromatic heterocycles. The van der Waals surface area contributed by atoms with Crippen molar-refractivity contribution in [3.05, 3.63) is 11.6 Å². The van der Waals surface area contributed by atoms with E-state index in [2.05, 4.69) is 15.4 Å². The predicted molar refractivity (Wildman–Crippen MR) is 90.8 cm³/mol. The van der Waals surface area contributed by atoms with Crippen LogP contribution in [-0.2, 0) is 17.7 Å². The van der Waals surface area contributed by atoms with E-state index < -0.39 is 5.60 Å². The monoisotopic (exact) mass is 335 g/mol. The Morgan fingerprint density at radius 3 is 2.75 bits per heavy atom. The molecule has 0 aromatic carbocycles. The molecule has 0 saturated carbocycles. The van der Waals surface area contributed by atoms with Gasteiger partial charge in [-0.2, -0.15) is 5.10 Å². The van der Waals surface area contributed by atoms with Crippen LogP contribution in [-0.4, -0.2) is 56.5 Å². The first-order chi connectivity index (χ1) is 11.3. The van der Waals surface area contributed by atoms with Gasteiger partial charge in [-0.15, -0.1) is 0 Å². The summed E-state index contributed by atoms with van der Waals surface area (Å²) in [7, 11) is 0. The fourth-order valence-corrected chi connectivity index (χ4v) is 3.51. The highest BCUT2D eigenvalue weighted by Gasteiger charge is 2.30. The summed E-state index contributed by atoms with van der Waals surface area (Å²) >= 11 is 0. The Kier molecular flexibility index (Phi) is 4.80. The fraction of sp³-hybridized carbons (Fsp3) is 0.824. The van der Waals surface area contributed by atoms with Crippen molar-refractivity contribution in [1.29, 1.82) is 0 Å². The van der Waals surface area contributed by atoms with E-state index in [9.17, 15) is 4.79 Å². The number of carbonyl (C=O) groups is 1. The van der Waals surface area contributed by atoms with E-state index in [1.807, 2.05) is 37.3 Å². The van der Waals surface area contributed by atoms with E-state index in [4.69, 9.17) is 4.74 Å². The molecule has 7 heteroatoms. The van der Waals surface area contributed by atoms with Crippen LogP contribution in [0.5, 0.6) is 0 Å². The molecule has 0 radical (unpaired) electrons. The molecule has 0 aliphatic carbocycles. The van der Waals surface area contributed by atoms with Crippen molar-refractivity contribution in [3.63, 3.8) is 0 Å². The number of nitrogens with zero attached hydrogens (tertiary/aromatic N) is 4. The third-order valence-corrected chi connectivity index (χ3v) is 4.51. The third kappa shape index (κ3) is 4.26. The Balaban J connectivity index is 1.53. The van der Waals surface area contributed by atoms with Gasteiger partial charge < -0.3 is 15.0 Å². The van der Waals surface area contributed by atoms with Crippen LogP contribution in [0.15, 0.2) is 0 Å². The SMILES string of the molecule is Cc1nc2n(n1)CC(NC1CCCN(C(=O)OC(C)(C)C)C1)CC2. The van der Waals surface area contributed by atoms with Crippen molar-refractivity contribution in [2.24, 2.45) is 0 Å². The molecule has 3 heterocycles. The van der Waals surface area contributed by atoms with Crippen LogP contribution in [0.4, 0.5) is 4.79 Å². The molecule has 2 unspecified atom stereocenters. The molecule has 24 heavy (non-hydrogen) atoms. The van der Waals surface area contributed by atoms with Crippen LogP contribution in [0, 0.1) is 6.92 Å². The molecule has 1 saturated heterocycles. The Bertz CT molecular complexity index is 592. The maximum Gasteiger partial charge on any atom is 0.410 e. The van der Waals surface area contributed by atoms with Gasteiger partial charge in [-0.1, -0.05) is 0 Å². The van der Waals surface area contributed by atoms with Crippen molar-refractivity contribution in [2.45, 2.75) is 77.6 Å². The summed E-state index contributed by atoms with van der Waals surface area (Å²) in [6.07, 6.45) is 3.94. The van der Waals surface area contributed by atoms with E-state index in [1.165, 1.54) is 0 Å². The molecular weight excluding hydrogens is 306 g/mol. The van der Waals surface area contributed by atoms with Gasteiger partial charge >= 0.3 is 6.09 Å². The number of fused-ring (bicyclic) bond motifs is 1. The van der Waals surface area contributed by atoms with E-state index in [1.54, 1.807) is 0 Å². The molecule has 1 amide bonds. The number of ether oxygens (including phenoxy) is 1. The van der Waals surface area contributed by atoms with Gasteiger partial charge in [0.05, 0.1) is 6.54 Å². The zero-order valence-electron chi connectivity index (χ0n) is 15.2. The summed E-state index contributed by atoms with van der Waals surface area (Å²) in [5, 5.41) is 8.18. The van der Waals surface area contributed by atoms with Gasteiger partial charge in [0.2, 0.25) is 0 Å². The number of rotatable bonds is 2. The number of amides is 1. The van der Waals surface area contributed by atoms with E-state index in [-0.39, 0.29) is 6.09 Å². The first-order valence-electron chi connectivity index (χ1n) is 8.94. The Labute approximate surface area is 143 Å². The molecule has 2 atom stereocenters. The first kappa shape index (κ1) is 17.2. The second-order valence-electron chi connectivity index (χ2n) is 7.93. The van der Waals surface area contributed by atoms with Crippen molar-refractivity contribution in [2.75, 3.05) is 13.1 Å². The average Bonchev–Trinajstić information content (AvgIpc) is 2.85. The van der Waals surface area contributed by atoms with Crippen LogP contribution in [0.3, 0.4) is 0 Å². The standard InChI is InChI=1S/C17H29N5O2/c1-12-18-15-8-7-14(11-22(15)20-12)19-13-6-5-9-21(10-13)16(23)24-17(2,3)4/h13-14,19H,5-11H2,1-4H3. The lowest BCUT2D eigenvalue weighted by molar-refractivity contribution is 0.0181. The van der Waals surface area contributed by atoms with Gasteiger partial charge in [0.15, 0.2) is 0 Å². The number of piperidine rings is 1. The van der Waals surface area contributed by atoms with Crippen molar-refractivity contribution >= 4 is 6.09 Å². The number of aryl methyl sites for hydroxylation is 2. The summed E-state index contributed by atoms with van der Waals surface area (Å²) in [6.45, 7) is 10.0. The molecule has 0 bridgehead atoms. The first-order valence-corrected chi connectivity index (χ1v) is 8.94. The second-order valence-corrected chi connectivity index (χ2v) is 7.93. The molecule has 134 valence electrons. The highest BCUT2D eigenvalue weighted by Crippen LogP contribution is 2.18. The lowest BCUT2D eigenvalue weighted by Gasteiger charge is -2.36. The maximum absolute atomic E-state index is 12.3. The van der Waals surface area contributed by atoms with Crippen molar-refractivity contribution in [3.8, 4) is 0 Å². The smallest absolute Gasteiger partial charge is 0.410 e. The Morgan fingerprint density at radius 1 is 1.25 bits per heavy atom. The van der Waals surface area contributed by atoms with Gasteiger partial charge in [-0.25, -0.2) is 14.5 Å². The lowest BCUT2D eigenvalue weighted by atomic mass is 10.0. The maximum atomic E-state index is 12.3. The number of carbonyl (C=O) groups excluding carboxylic acids is 1. The highest BCUT2D eigenvalue weighted by atomic mass is 16.6. The van der Waals surface area contributed by atoms with E-state index in [0.717, 1.165) is 50.4 Å². The van der Waals surface area contributed by atoms with Gasteiger partial charge in [-0.3, -0.25) is 0 Å². The van der Waals surface area contributed by atoms with Crippen LogP contribution < -0.4 is 5.32 Å². The summed E-state index contributed by atoms with van der Waals surface area (Å²) in [5.41, 5.74) is -0.442. The third-order valence-electron chi connectivity index (χ3n) is 4.51. The summed E-state index contributed by atoms with van der Waals surface area (Å²) in [4.78, 5) is 18.6. The molecule has 1 aromatic rings. The minimum atomic E-state index is -0.442. The molecule has 2 aliphatic heterocycles. The molecule has 7 nitrogen and oxygen atoms in total. The normalized spacial score (nSPS) is 24.6. The second kappa shape index (κ2) is 6.70. The zero-order chi connectivity index (χ0) is 17.3. The number of hydrogen-bond acceptors (Lipinski definition) is 5. The van der Waals surface area contributed by atoms with E-state index >= 15 is 0 Å². The predicted octanol–water partition coefficient (Wildman–Crippen LogP) is 1.89. The van der Waals surface area contributed by atoms with Crippen LogP contribution >= 0.6 is 0 Å². The minimum absolute atomic E-state index is 0.202. The summed E-state index contributed by atoms with van der Waals surface area (Å²) in [6, 6.07) is 0.713. The average molecular weight is 335 g/mol. The Morgan fingerprint density at radius 2 is 2.00 bits per heavy atom. The summed E-state index contributed by atoms with van der Waals surface area (Å²) < 4.78 is 7.52. The van der Waals surface area contributed by atoms with Crippen molar-refractivity contribution in [1.82, 2.24) is 25.0 Å². The summed E-state index contributed by atoms with van der Waals surface area (Å²) in [5.74, 6) is 1.93. The molecule has 0 spiro atoms. The zero-order valence-corrected chi connectivity index (χ0v) is 15.2. The molecular formula is C17H29N5O2. The van der Waals surface area contributed by atoms with E-state index in [0.29, 0.717) is 18.6 Å². The van der Waals surface area contributed by atoms with Gasteiger partial charge in [0.1, 0.15) is 17.2 Å². The minimum Gasteiger partial charge on any atom is -0.444 e. The molecule has 1 N–H and O–H groups in total. The Hall–Kier alpha value is -1.63. The molecule has 2 aliphatic rings.